The van der Waals surface area contributed by atoms with Gasteiger partial charge in [0.1, 0.15) is 12.4 Å². The number of likely N-dealkylation sites (N-methyl/N-ethyl adjacent to an activating group) is 1. The minimum absolute atomic E-state index is 0.161. The zero-order chi connectivity index (χ0) is 23.3. The summed E-state index contributed by atoms with van der Waals surface area (Å²) in [5.74, 6) is 2.49. The van der Waals surface area contributed by atoms with Crippen molar-refractivity contribution in [1.82, 2.24) is 4.90 Å². The fourth-order valence-electron chi connectivity index (χ4n) is 4.75. The number of ether oxygens (including phenoxy) is 3. The van der Waals surface area contributed by atoms with Crippen LogP contribution in [0.5, 0.6) is 17.2 Å². The van der Waals surface area contributed by atoms with Gasteiger partial charge in [-0.15, -0.1) is 0 Å². The maximum atomic E-state index is 6.38. The first kappa shape index (κ1) is 23.5. The number of rotatable bonds is 10. The van der Waals surface area contributed by atoms with E-state index < -0.39 is 0 Å². The van der Waals surface area contributed by atoms with Gasteiger partial charge in [-0.3, -0.25) is 0 Å². The molecule has 1 heterocycles. The Labute approximate surface area is 202 Å². The fraction of sp³-hybridized carbons (Fsp3) is 0.357. The van der Waals surface area contributed by atoms with Crippen LogP contribution in [-0.2, 0) is 11.8 Å². The molecular formula is C28H32ClNO3. The largest absolute Gasteiger partial charge is 0.493 e. The summed E-state index contributed by atoms with van der Waals surface area (Å²) in [5, 5.41) is 0.756. The summed E-state index contributed by atoms with van der Waals surface area (Å²) in [4.78, 5) is 2.39. The standard InChI is InChI=1S/C28H32ClNO3/c1-30(17-14-21-10-12-26(31-2)27(18-21)32-3)16-7-15-28(22-8-5-4-6-9-22)20-33-25-13-11-23(29)19-24(25)28/h4-6,8-13,18-19H,7,14-17,20H2,1-3H3. The molecule has 0 amide bonds. The molecule has 0 fully saturated rings. The third-order valence-electron chi connectivity index (χ3n) is 6.63. The van der Waals surface area contributed by atoms with Crippen LogP contribution in [0.3, 0.4) is 0 Å². The highest BCUT2D eigenvalue weighted by atomic mass is 35.5. The molecule has 0 aliphatic carbocycles. The molecule has 1 atom stereocenters. The van der Waals surface area contributed by atoms with Crippen LogP contribution >= 0.6 is 11.6 Å². The van der Waals surface area contributed by atoms with Gasteiger partial charge in [-0.1, -0.05) is 48.0 Å². The van der Waals surface area contributed by atoms with E-state index in [4.69, 9.17) is 25.8 Å². The maximum absolute atomic E-state index is 6.38. The Morgan fingerprint density at radius 2 is 1.73 bits per heavy atom. The SMILES string of the molecule is COc1ccc(CCN(C)CCCC2(c3ccccc3)COc3ccc(Cl)cc32)cc1OC. The van der Waals surface area contributed by atoms with Gasteiger partial charge < -0.3 is 19.1 Å². The van der Waals surface area contributed by atoms with E-state index in [2.05, 4.69) is 60.5 Å². The van der Waals surface area contributed by atoms with E-state index >= 15 is 0 Å². The molecule has 4 rings (SSSR count). The Kier molecular flexibility index (Phi) is 7.46. The van der Waals surface area contributed by atoms with Crippen LogP contribution in [0, 0.1) is 0 Å². The van der Waals surface area contributed by atoms with E-state index in [0.717, 1.165) is 54.6 Å². The van der Waals surface area contributed by atoms with Crippen molar-refractivity contribution in [3.8, 4) is 17.2 Å². The molecule has 5 heteroatoms. The first-order valence-electron chi connectivity index (χ1n) is 11.4. The Balaban J connectivity index is 1.40. The minimum Gasteiger partial charge on any atom is -0.493 e. The maximum Gasteiger partial charge on any atom is 0.160 e. The van der Waals surface area contributed by atoms with Gasteiger partial charge in [0.15, 0.2) is 11.5 Å². The van der Waals surface area contributed by atoms with Gasteiger partial charge in [0.2, 0.25) is 0 Å². The molecule has 0 spiro atoms. The Morgan fingerprint density at radius 1 is 0.939 bits per heavy atom. The van der Waals surface area contributed by atoms with Gasteiger partial charge in [0, 0.05) is 17.1 Å². The summed E-state index contributed by atoms with van der Waals surface area (Å²) in [7, 11) is 5.52. The number of benzene rings is 3. The zero-order valence-electron chi connectivity index (χ0n) is 19.6. The van der Waals surface area contributed by atoms with Crippen molar-refractivity contribution in [2.24, 2.45) is 0 Å². The van der Waals surface area contributed by atoms with Crippen LogP contribution in [0.1, 0.15) is 29.5 Å². The first-order chi connectivity index (χ1) is 16.1. The average Bonchev–Trinajstić information content (AvgIpc) is 3.21. The molecule has 0 bridgehead atoms. The molecule has 1 aliphatic rings. The second-order valence-electron chi connectivity index (χ2n) is 8.72. The van der Waals surface area contributed by atoms with E-state index in [1.54, 1.807) is 14.2 Å². The van der Waals surface area contributed by atoms with Gasteiger partial charge >= 0.3 is 0 Å². The van der Waals surface area contributed by atoms with Crippen molar-refractivity contribution in [2.45, 2.75) is 24.7 Å². The number of nitrogens with zero attached hydrogens (tertiary/aromatic N) is 1. The lowest BCUT2D eigenvalue weighted by molar-refractivity contribution is 0.263. The monoisotopic (exact) mass is 465 g/mol. The quantitative estimate of drug-likeness (QED) is 0.368. The number of fused-ring (bicyclic) bond motifs is 1. The molecular weight excluding hydrogens is 434 g/mol. The van der Waals surface area contributed by atoms with Crippen LogP contribution in [0.15, 0.2) is 66.7 Å². The molecule has 0 radical (unpaired) electrons. The average molecular weight is 466 g/mol. The lowest BCUT2D eigenvalue weighted by atomic mass is 9.73. The van der Waals surface area contributed by atoms with E-state index in [1.165, 1.54) is 16.7 Å². The molecule has 1 aliphatic heterocycles. The van der Waals surface area contributed by atoms with E-state index in [-0.39, 0.29) is 5.41 Å². The summed E-state index contributed by atoms with van der Waals surface area (Å²) in [5.41, 5.74) is 3.58. The van der Waals surface area contributed by atoms with Crippen molar-refractivity contribution in [2.75, 3.05) is 41.0 Å². The molecule has 0 aromatic heterocycles. The van der Waals surface area contributed by atoms with Gasteiger partial charge in [-0.05, 0) is 74.3 Å². The highest BCUT2D eigenvalue weighted by molar-refractivity contribution is 6.30. The molecule has 0 saturated heterocycles. The molecule has 174 valence electrons. The summed E-state index contributed by atoms with van der Waals surface area (Å²) in [6, 6.07) is 22.8. The van der Waals surface area contributed by atoms with Gasteiger partial charge in [0.05, 0.1) is 19.6 Å². The van der Waals surface area contributed by atoms with Crippen molar-refractivity contribution in [1.29, 1.82) is 0 Å². The summed E-state index contributed by atoms with van der Waals surface area (Å²) in [6.45, 7) is 2.65. The normalized spacial score (nSPS) is 17.0. The lowest BCUT2D eigenvalue weighted by Crippen LogP contribution is -2.31. The summed E-state index contributed by atoms with van der Waals surface area (Å²) >= 11 is 6.38. The van der Waals surface area contributed by atoms with Crippen LogP contribution in [0.25, 0.3) is 0 Å². The number of hydrogen-bond donors (Lipinski definition) is 0. The highest BCUT2D eigenvalue weighted by Gasteiger charge is 2.41. The topological polar surface area (TPSA) is 30.9 Å². The number of hydrogen-bond acceptors (Lipinski definition) is 4. The minimum atomic E-state index is -0.161. The number of halogens is 1. The Morgan fingerprint density at radius 3 is 2.48 bits per heavy atom. The lowest BCUT2D eigenvalue weighted by Gasteiger charge is -2.30. The smallest absolute Gasteiger partial charge is 0.160 e. The molecule has 0 N–H and O–H groups in total. The fourth-order valence-corrected chi connectivity index (χ4v) is 4.92. The molecule has 0 saturated carbocycles. The first-order valence-corrected chi connectivity index (χ1v) is 11.8. The van der Waals surface area contributed by atoms with Crippen LogP contribution < -0.4 is 14.2 Å². The Hall–Kier alpha value is -2.69. The van der Waals surface area contributed by atoms with Crippen molar-refractivity contribution >= 4 is 11.6 Å². The zero-order valence-corrected chi connectivity index (χ0v) is 20.4. The van der Waals surface area contributed by atoms with E-state index in [9.17, 15) is 0 Å². The summed E-state index contributed by atoms with van der Waals surface area (Å²) in [6.07, 6.45) is 3.03. The van der Waals surface area contributed by atoms with Crippen molar-refractivity contribution < 1.29 is 14.2 Å². The number of methoxy groups -OCH3 is 2. The predicted molar refractivity (Wildman–Crippen MR) is 134 cm³/mol. The van der Waals surface area contributed by atoms with Gasteiger partial charge in [-0.25, -0.2) is 0 Å². The third kappa shape index (κ3) is 5.13. The van der Waals surface area contributed by atoms with Crippen LogP contribution in [0.2, 0.25) is 5.02 Å². The molecule has 3 aromatic carbocycles. The second-order valence-corrected chi connectivity index (χ2v) is 9.16. The molecule has 1 unspecified atom stereocenters. The second kappa shape index (κ2) is 10.5. The van der Waals surface area contributed by atoms with Gasteiger partial charge in [-0.2, -0.15) is 0 Å². The molecule has 4 nitrogen and oxygen atoms in total. The summed E-state index contributed by atoms with van der Waals surface area (Å²) < 4.78 is 16.9. The van der Waals surface area contributed by atoms with Gasteiger partial charge in [0.25, 0.3) is 0 Å². The van der Waals surface area contributed by atoms with E-state index in [0.29, 0.717) is 6.61 Å². The van der Waals surface area contributed by atoms with E-state index in [1.807, 2.05) is 18.2 Å². The Bertz CT molecular complexity index is 1070. The highest BCUT2D eigenvalue weighted by Crippen LogP contribution is 2.47. The van der Waals surface area contributed by atoms with Crippen molar-refractivity contribution in [3.05, 3.63) is 88.4 Å². The van der Waals surface area contributed by atoms with Crippen molar-refractivity contribution in [3.63, 3.8) is 0 Å². The predicted octanol–water partition coefficient (Wildman–Crippen LogP) is 5.99. The molecule has 33 heavy (non-hydrogen) atoms. The third-order valence-corrected chi connectivity index (χ3v) is 6.87. The molecule has 3 aromatic rings. The van der Waals surface area contributed by atoms with Crippen LogP contribution in [0.4, 0.5) is 0 Å². The van der Waals surface area contributed by atoms with Crippen LogP contribution in [-0.4, -0.2) is 45.9 Å².